The summed E-state index contributed by atoms with van der Waals surface area (Å²) in [6, 6.07) is 14.6. The predicted molar refractivity (Wildman–Crippen MR) is 132 cm³/mol. The number of anilines is 3. The number of β-amino-alcohol motifs (C(OH)–C–C–N with tert-alkyl or cyclic N) is 1. The van der Waals surface area contributed by atoms with Gasteiger partial charge in [0.15, 0.2) is 0 Å². The number of benzene rings is 2. The van der Waals surface area contributed by atoms with Crippen molar-refractivity contribution in [3.05, 3.63) is 67.5 Å². The molecule has 4 rings (SSSR count). The number of likely N-dealkylation sites (tertiary alicyclic amines) is 1. The number of aromatic nitrogens is 2. The lowest BCUT2D eigenvalue weighted by molar-refractivity contribution is -0.130. The minimum atomic E-state index is -0.641. The molecule has 0 saturated carbocycles. The SMILES string of the molecule is C=CC(=O)N1CC[C@@H](CNc2ncnc(N)c2-c2ccc(Oc3ccc(N)cc3)cc2)[C@H](O)C1. The third-order valence-electron chi connectivity index (χ3n) is 5.87. The Kier molecular flexibility index (Phi) is 6.93. The standard InChI is InChI=1S/C25H28N6O3/c1-2-22(33)31-12-11-17(21(32)14-31)13-28-25-23(24(27)29-15-30-25)16-3-7-19(8-4-16)34-20-9-5-18(26)6-10-20/h2-10,15,17,21,32H,1,11-14,26H2,(H3,27,28,29,30)/t17-,21+/m0/s1. The van der Waals surface area contributed by atoms with Crippen molar-refractivity contribution >= 4 is 23.2 Å². The number of nitrogens with two attached hydrogens (primary N) is 2. The highest BCUT2D eigenvalue weighted by molar-refractivity contribution is 5.87. The molecule has 34 heavy (non-hydrogen) atoms. The maximum Gasteiger partial charge on any atom is 0.246 e. The Balaban J connectivity index is 1.45. The van der Waals surface area contributed by atoms with Gasteiger partial charge >= 0.3 is 0 Å². The van der Waals surface area contributed by atoms with Gasteiger partial charge in [0.25, 0.3) is 0 Å². The topological polar surface area (TPSA) is 140 Å². The molecule has 0 bridgehead atoms. The lowest BCUT2D eigenvalue weighted by Gasteiger charge is -2.35. The molecule has 1 saturated heterocycles. The first-order valence-corrected chi connectivity index (χ1v) is 11.0. The second kappa shape index (κ2) is 10.2. The van der Waals surface area contributed by atoms with Crippen molar-refractivity contribution in [2.45, 2.75) is 12.5 Å². The van der Waals surface area contributed by atoms with Crippen molar-refractivity contribution in [1.82, 2.24) is 14.9 Å². The smallest absolute Gasteiger partial charge is 0.246 e. The van der Waals surface area contributed by atoms with Gasteiger partial charge in [0.05, 0.1) is 11.7 Å². The fraction of sp³-hybridized carbons (Fsp3) is 0.240. The zero-order valence-electron chi connectivity index (χ0n) is 18.7. The average molecular weight is 461 g/mol. The number of ether oxygens (including phenoxy) is 1. The Morgan fingerprint density at radius 2 is 1.82 bits per heavy atom. The van der Waals surface area contributed by atoms with Crippen LogP contribution in [0, 0.1) is 5.92 Å². The number of hydrogen-bond acceptors (Lipinski definition) is 8. The van der Waals surface area contributed by atoms with E-state index in [4.69, 9.17) is 16.2 Å². The molecule has 3 aromatic rings. The summed E-state index contributed by atoms with van der Waals surface area (Å²) >= 11 is 0. The fourth-order valence-corrected chi connectivity index (χ4v) is 3.95. The Labute approximate surface area is 198 Å². The lowest BCUT2D eigenvalue weighted by atomic mass is 9.93. The van der Waals surface area contributed by atoms with Crippen molar-refractivity contribution in [3.63, 3.8) is 0 Å². The molecule has 1 aromatic heterocycles. The second-order valence-corrected chi connectivity index (χ2v) is 8.16. The number of nitrogen functional groups attached to an aromatic ring is 2. The lowest BCUT2D eigenvalue weighted by Crippen LogP contribution is -2.47. The van der Waals surface area contributed by atoms with Crippen LogP contribution < -0.4 is 21.5 Å². The molecule has 0 aliphatic carbocycles. The van der Waals surface area contributed by atoms with E-state index in [-0.39, 0.29) is 18.4 Å². The summed E-state index contributed by atoms with van der Waals surface area (Å²) in [6.45, 7) is 4.85. The molecule has 0 radical (unpaired) electrons. The van der Waals surface area contributed by atoms with Gasteiger partial charge in [-0.2, -0.15) is 0 Å². The third-order valence-corrected chi connectivity index (χ3v) is 5.87. The van der Waals surface area contributed by atoms with Gasteiger partial charge in [-0.05, 0) is 54.5 Å². The van der Waals surface area contributed by atoms with E-state index in [1.54, 1.807) is 29.2 Å². The van der Waals surface area contributed by atoms with Crippen LogP contribution in [0.3, 0.4) is 0 Å². The molecule has 9 heteroatoms. The molecular formula is C25H28N6O3. The summed E-state index contributed by atoms with van der Waals surface area (Å²) in [4.78, 5) is 21.9. The van der Waals surface area contributed by atoms with E-state index in [0.29, 0.717) is 53.9 Å². The molecule has 1 aliphatic rings. The number of piperidine rings is 1. The molecule has 1 aliphatic heterocycles. The molecule has 2 aromatic carbocycles. The Morgan fingerprint density at radius 3 is 2.47 bits per heavy atom. The maximum atomic E-state index is 11.8. The first kappa shape index (κ1) is 23.1. The van der Waals surface area contributed by atoms with E-state index in [2.05, 4.69) is 21.9 Å². The highest BCUT2D eigenvalue weighted by Gasteiger charge is 2.29. The quantitative estimate of drug-likeness (QED) is 0.312. The number of nitrogens with zero attached hydrogens (tertiary/aromatic N) is 3. The van der Waals surface area contributed by atoms with Crippen LogP contribution in [0.5, 0.6) is 11.5 Å². The van der Waals surface area contributed by atoms with Gasteiger partial charge < -0.3 is 31.5 Å². The fourth-order valence-electron chi connectivity index (χ4n) is 3.95. The van der Waals surface area contributed by atoms with E-state index in [0.717, 1.165) is 5.56 Å². The molecule has 9 nitrogen and oxygen atoms in total. The molecule has 1 fully saturated rings. The zero-order valence-corrected chi connectivity index (χ0v) is 18.7. The van der Waals surface area contributed by atoms with Crippen molar-refractivity contribution < 1.29 is 14.6 Å². The van der Waals surface area contributed by atoms with E-state index in [9.17, 15) is 9.90 Å². The summed E-state index contributed by atoms with van der Waals surface area (Å²) in [5.74, 6) is 2.08. The van der Waals surface area contributed by atoms with Crippen LogP contribution in [-0.4, -0.2) is 51.6 Å². The van der Waals surface area contributed by atoms with Crippen LogP contribution >= 0.6 is 0 Å². The molecule has 0 unspecified atom stereocenters. The summed E-state index contributed by atoms with van der Waals surface area (Å²) in [7, 11) is 0. The molecule has 176 valence electrons. The summed E-state index contributed by atoms with van der Waals surface area (Å²) in [5.41, 5.74) is 14.1. The van der Waals surface area contributed by atoms with Crippen LogP contribution in [0.15, 0.2) is 67.5 Å². The highest BCUT2D eigenvalue weighted by Crippen LogP contribution is 2.33. The van der Waals surface area contributed by atoms with E-state index in [1.807, 2.05) is 24.3 Å². The molecular weight excluding hydrogens is 432 g/mol. The van der Waals surface area contributed by atoms with Gasteiger partial charge in [-0.15, -0.1) is 0 Å². The molecule has 6 N–H and O–H groups in total. The molecule has 2 atom stereocenters. The monoisotopic (exact) mass is 460 g/mol. The largest absolute Gasteiger partial charge is 0.457 e. The van der Waals surface area contributed by atoms with E-state index >= 15 is 0 Å². The Hall–Kier alpha value is -4.11. The van der Waals surface area contributed by atoms with Crippen LogP contribution in [-0.2, 0) is 4.79 Å². The van der Waals surface area contributed by atoms with Crippen molar-refractivity contribution in [2.24, 2.45) is 5.92 Å². The maximum absolute atomic E-state index is 11.8. The van der Waals surface area contributed by atoms with Gasteiger partial charge in [0, 0.05) is 31.2 Å². The average Bonchev–Trinajstić information content (AvgIpc) is 2.85. The molecule has 0 spiro atoms. The number of carbonyl (C=O) groups excluding carboxylic acids is 1. The zero-order chi connectivity index (χ0) is 24.1. The number of aliphatic hydroxyl groups is 1. The Bertz CT molecular complexity index is 1150. The van der Waals surface area contributed by atoms with E-state index < -0.39 is 6.10 Å². The van der Waals surface area contributed by atoms with E-state index in [1.165, 1.54) is 12.4 Å². The molecule has 2 heterocycles. The number of carbonyl (C=O) groups is 1. The summed E-state index contributed by atoms with van der Waals surface area (Å²) in [6.07, 6.45) is 2.70. The number of amides is 1. The van der Waals surface area contributed by atoms with Gasteiger partial charge in [-0.3, -0.25) is 4.79 Å². The van der Waals surface area contributed by atoms with Gasteiger partial charge in [0.1, 0.15) is 29.5 Å². The van der Waals surface area contributed by atoms with Crippen LogP contribution in [0.4, 0.5) is 17.3 Å². The van der Waals surface area contributed by atoms with Crippen LogP contribution in [0.1, 0.15) is 6.42 Å². The second-order valence-electron chi connectivity index (χ2n) is 8.16. The summed E-state index contributed by atoms with van der Waals surface area (Å²) < 4.78 is 5.86. The number of hydrogen-bond donors (Lipinski definition) is 4. The van der Waals surface area contributed by atoms with Gasteiger partial charge in [-0.1, -0.05) is 18.7 Å². The number of nitrogens with one attached hydrogen (secondary N) is 1. The number of rotatable bonds is 7. The predicted octanol–water partition coefficient (Wildman–Crippen LogP) is 2.91. The Morgan fingerprint density at radius 1 is 1.15 bits per heavy atom. The van der Waals surface area contributed by atoms with Crippen LogP contribution in [0.25, 0.3) is 11.1 Å². The van der Waals surface area contributed by atoms with Crippen molar-refractivity contribution in [3.8, 4) is 22.6 Å². The first-order chi connectivity index (χ1) is 16.4. The normalized spacial score (nSPS) is 17.7. The minimum absolute atomic E-state index is 0.0337. The first-order valence-electron chi connectivity index (χ1n) is 11.0. The molecule has 1 amide bonds. The third kappa shape index (κ3) is 5.26. The van der Waals surface area contributed by atoms with Crippen molar-refractivity contribution in [1.29, 1.82) is 0 Å². The summed E-state index contributed by atoms with van der Waals surface area (Å²) in [5, 5.41) is 13.8. The van der Waals surface area contributed by atoms with Gasteiger partial charge in [-0.25, -0.2) is 9.97 Å². The minimum Gasteiger partial charge on any atom is -0.457 e. The van der Waals surface area contributed by atoms with Crippen molar-refractivity contribution in [2.75, 3.05) is 36.4 Å². The van der Waals surface area contributed by atoms with Gasteiger partial charge in [0.2, 0.25) is 5.91 Å². The highest BCUT2D eigenvalue weighted by atomic mass is 16.5. The number of aliphatic hydroxyl groups excluding tert-OH is 1. The van der Waals surface area contributed by atoms with Crippen LogP contribution in [0.2, 0.25) is 0 Å².